The van der Waals surface area contributed by atoms with Gasteiger partial charge in [0.05, 0.1) is 0 Å². The highest BCUT2D eigenvalue weighted by molar-refractivity contribution is 5.73. The SMILES string of the molecule is CCC(C)[C@H](N)C(=O)O.O=C(O)C(F)(F)F. The molecule has 8 heteroatoms. The fraction of sp³-hybridized carbons (Fsp3) is 0.750. The lowest BCUT2D eigenvalue weighted by Crippen LogP contribution is -2.36. The van der Waals surface area contributed by atoms with E-state index < -0.39 is 24.2 Å². The van der Waals surface area contributed by atoms with E-state index in [1.54, 1.807) is 0 Å². The Kier molecular flexibility index (Phi) is 7.53. The molecule has 1 unspecified atom stereocenters. The fourth-order valence-corrected chi connectivity index (χ4v) is 0.497. The molecule has 0 aromatic carbocycles. The van der Waals surface area contributed by atoms with Gasteiger partial charge in [-0.1, -0.05) is 20.3 Å². The van der Waals surface area contributed by atoms with Crippen molar-refractivity contribution in [2.75, 3.05) is 0 Å². The predicted molar refractivity (Wildman–Crippen MR) is 48.8 cm³/mol. The van der Waals surface area contributed by atoms with Crippen LogP contribution in [0.5, 0.6) is 0 Å². The molecule has 0 radical (unpaired) electrons. The van der Waals surface area contributed by atoms with Crippen molar-refractivity contribution in [1.82, 2.24) is 0 Å². The zero-order valence-corrected chi connectivity index (χ0v) is 8.78. The number of rotatable bonds is 3. The maximum atomic E-state index is 10.6. The second kappa shape index (κ2) is 7.04. The summed E-state index contributed by atoms with van der Waals surface area (Å²) in [6.45, 7) is 3.76. The van der Waals surface area contributed by atoms with Gasteiger partial charge in [-0.2, -0.15) is 13.2 Å². The van der Waals surface area contributed by atoms with Gasteiger partial charge in [-0.05, 0) is 5.92 Å². The van der Waals surface area contributed by atoms with Crippen molar-refractivity contribution in [3.8, 4) is 0 Å². The molecule has 0 aromatic rings. The first-order valence-corrected chi connectivity index (χ1v) is 4.32. The molecule has 2 atom stereocenters. The molecule has 4 N–H and O–H groups in total. The van der Waals surface area contributed by atoms with Gasteiger partial charge in [-0.3, -0.25) is 4.79 Å². The quantitative estimate of drug-likeness (QED) is 0.690. The smallest absolute Gasteiger partial charge is 0.480 e. The van der Waals surface area contributed by atoms with Gasteiger partial charge in [0.25, 0.3) is 0 Å². The maximum absolute atomic E-state index is 10.6. The number of aliphatic carboxylic acids is 2. The van der Waals surface area contributed by atoms with Crippen molar-refractivity contribution < 1.29 is 33.0 Å². The third kappa shape index (κ3) is 8.04. The van der Waals surface area contributed by atoms with Crippen molar-refractivity contribution in [2.24, 2.45) is 11.7 Å². The van der Waals surface area contributed by atoms with Crippen LogP contribution in [0, 0.1) is 5.92 Å². The van der Waals surface area contributed by atoms with Crippen molar-refractivity contribution in [1.29, 1.82) is 0 Å². The van der Waals surface area contributed by atoms with Gasteiger partial charge in [-0.25, -0.2) is 4.79 Å². The third-order valence-corrected chi connectivity index (χ3v) is 1.78. The number of hydrogen-bond acceptors (Lipinski definition) is 3. The summed E-state index contributed by atoms with van der Waals surface area (Å²) in [7, 11) is 0. The van der Waals surface area contributed by atoms with Gasteiger partial charge < -0.3 is 15.9 Å². The Bertz CT molecular complexity index is 242. The second-order valence-electron chi connectivity index (χ2n) is 3.05. The molecule has 0 aliphatic carbocycles. The van der Waals surface area contributed by atoms with Crippen molar-refractivity contribution >= 4 is 11.9 Å². The summed E-state index contributed by atoms with van der Waals surface area (Å²) in [5.74, 6) is -3.60. The van der Waals surface area contributed by atoms with Crippen LogP contribution in [-0.4, -0.2) is 34.4 Å². The van der Waals surface area contributed by atoms with E-state index in [1.165, 1.54) is 0 Å². The molecule has 0 rings (SSSR count). The first-order valence-electron chi connectivity index (χ1n) is 4.32. The molecule has 0 bridgehead atoms. The lowest BCUT2D eigenvalue weighted by molar-refractivity contribution is -0.192. The monoisotopic (exact) mass is 245 g/mol. The van der Waals surface area contributed by atoms with Crippen LogP contribution >= 0.6 is 0 Å². The Balaban J connectivity index is 0. The van der Waals surface area contributed by atoms with Crippen LogP contribution in [0.3, 0.4) is 0 Å². The zero-order chi connectivity index (χ0) is 13.5. The van der Waals surface area contributed by atoms with Gasteiger partial charge in [0.2, 0.25) is 0 Å². The van der Waals surface area contributed by atoms with Gasteiger partial charge >= 0.3 is 18.1 Å². The molecule has 0 aliphatic rings. The van der Waals surface area contributed by atoms with Crippen LogP contribution in [0.25, 0.3) is 0 Å². The van der Waals surface area contributed by atoms with Crippen LogP contribution in [0.2, 0.25) is 0 Å². The number of alkyl halides is 3. The standard InChI is InChI=1S/C6H13NO2.C2HF3O2/c1-3-4(2)5(7)6(8)9;3-2(4,5)1(6)7/h4-5H,3,7H2,1-2H3,(H,8,9);(H,6,7)/t4?,5-;/m0./s1. The Morgan fingerprint density at radius 3 is 1.69 bits per heavy atom. The minimum absolute atomic E-state index is 0.0718. The summed E-state index contributed by atoms with van der Waals surface area (Å²) >= 11 is 0. The molecule has 5 nitrogen and oxygen atoms in total. The van der Waals surface area contributed by atoms with Crippen molar-refractivity contribution in [3.05, 3.63) is 0 Å². The summed E-state index contributed by atoms with van der Waals surface area (Å²) < 4.78 is 31.7. The molecule has 16 heavy (non-hydrogen) atoms. The van der Waals surface area contributed by atoms with E-state index >= 15 is 0 Å². The number of carbonyl (C=O) groups is 2. The first-order chi connectivity index (χ1) is 7.03. The molecule has 0 heterocycles. The largest absolute Gasteiger partial charge is 0.490 e. The van der Waals surface area contributed by atoms with Crippen LogP contribution in [0.4, 0.5) is 13.2 Å². The molecule has 0 saturated heterocycles. The van der Waals surface area contributed by atoms with Crippen LogP contribution < -0.4 is 5.73 Å². The number of hydrogen-bond donors (Lipinski definition) is 3. The highest BCUT2D eigenvalue weighted by Gasteiger charge is 2.38. The number of carboxylic acids is 2. The summed E-state index contributed by atoms with van der Waals surface area (Å²) in [6.07, 6.45) is -4.27. The molecular weight excluding hydrogens is 231 g/mol. The molecule has 0 saturated carbocycles. The predicted octanol–water partition coefficient (Wildman–Crippen LogP) is 1.08. The van der Waals surface area contributed by atoms with Crippen LogP contribution in [0.15, 0.2) is 0 Å². The Morgan fingerprint density at radius 2 is 1.62 bits per heavy atom. The fourth-order valence-electron chi connectivity index (χ4n) is 0.497. The topological polar surface area (TPSA) is 101 Å². The highest BCUT2D eigenvalue weighted by Crippen LogP contribution is 2.13. The van der Waals surface area contributed by atoms with E-state index in [4.69, 9.17) is 20.7 Å². The van der Waals surface area contributed by atoms with Crippen molar-refractivity contribution in [3.63, 3.8) is 0 Å². The molecule has 96 valence electrons. The minimum Gasteiger partial charge on any atom is -0.480 e. The first kappa shape index (κ1) is 17.1. The normalized spacial score (nSPS) is 14.4. The highest BCUT2D eigenvalue weighted by atomic mass is 19.4. The van der Waals surface area contributed by atoms with E-state index in [0.29, 0.717) is 0 Å². The average Bonchev–Trinajstić information content (AvgIpc) is 2.14. The van der Waals surface area contributed by atoms with Gasteiger partial charge in [-0.15, -0.1) is 0 Å². The summed E-state index contributed by atoms with van der Waals surface area (Å²) in [5, 5.41) is 15.5. The Hall–Kier alpha value is -1.31. The molecule has 0 fully saturated rings. The molecule has 0 amide bonds. The number of carboxylic acid groups (broad SMARTS) is 2. The lowest BCUT2D eigenvalue weighted by atomic mass is 10.0. The zero-order valence-electron chi connectivity index (χ0n) is 8.78. The maximum Gasteiger partial charge on any atom is 0.490 e. The molecular formula is C8H14F3NO4. The van der Waals surface area contributed by atoms with Crippen LogP contribution in [-0.2, 0) is 9.59 Å². The van der Waals surface area contributed by atoms with Gasteiger partial charge in [0.15, 0.2) is 0 Å². The van der Waals surface area contributed by atoms with Crippen molar-refractivity contribution in [2.45, 2.75) is 32.5 Å². The van der Waals surface area contributed by atoms with E-state index in [9.17, 15) is 18.0 Å². The summed E-state index contributed by atoms with van der Waals surface area (Å²) in [5.41, 5.74) is 5.27. The Morgan fingerprint density at radius 1 is 1.31 bits per heavy atom. The molecule has 0 aliphatic heterocycles. The average molecular weight is 245 g/mol. The number of halogens is 3. The lowest BCUT2D eigenvalue weighted by Gasteiger charge is -2.11. The third-order valence-electron chi connectivity index (χ3n) is 1.78. The van der Waals surface area contributed by atoms with Gasteiger partial charge in [0, 0.05) is 0 Å². The Labute approximate surface area is 90.0 Å². The summed E-state index contributed by atoms with van der Waals surface area (Å²) in [4.78, 5) is 19.1. The van der Waals surface area contributed by atoms with E-state index in [1.807, 2.05) is 13.8 Å². The summed E-state index contributed by atoms with van der Waals surface area (Å²) in [6, 6.07) is -0.699. The van der Waals surface area contributed by atoms with Crippen LogP contribution in [0.1, 0.15) is 20.3 Å². The van der Waals surface area contributed by atoms with Gasteiger partial charge in [0.1, 0.15) is 6.04 Å². The second-order valence-corrected chi connectivity index (χ2v) is 3.05. The minimum atomic E-state index is -5.08. The number of nitrogens with two attached hydrogens (primary N) is 1. The van der Waals surface area contributed by atoms with E-state index in [-0.39, 0.29) is 5.92 Å². The molecule has 0 spiro atoms. The van der Waals surface area contributed by atoms with E-state index in [0.717, 1.165) is 6.42 Å². The van der Waals surface area contributed by atoms with E-state index in [2.05, 4.69) is 0 Å². The molecule has 0 aromatic heterocycles.